The van der Waals surface area contributed by atoms with Gasteiger partial charge in [-0.15, -0.1) is 0 Å². The van der Waals surface area contributed by atoms with Crippen LogP contribution in [0.25, 0.3) is 11.1 Å². The summed E-state index contributed by atoms with van der Waals surface area (Å²) >= 11 is 0. The van der Waals surface area contributed by atoms with Gasteiger partial charge in [0.15, 0.2) is 0 Å². The van der Waals surface area contributed by atoms with Gasteiger partial charge >= 0.3 is 0 Å². The fourth-order valence-corrected chi connectivity index (χ4v) is 3.77. The third-order valence-electron chi connectivity index (χ3n) is 3.94. The second kappa shape index (κ2) is 5.62. The van der Waals surface area contributed by atoms with Crippen molar-refractivity contribution in [3.63, 3.8) is 0 Å². The van der Waals surface area contributed by atoms with E-state index in [1.807, 2.05) is 49.4 Å². The predicted octanol–water partition coefficient (Wildman–Crippen LogP) is 3.43. The molecule has 110 valence electrons. The summed E-state index contributed by atoms with van der Waals surface area (Å²) in [6.07, 6.45) is 2.24. The molecule has 2 aromatic carbocycles. The number of sulfonamides is 1. The standard InChI is InChI=1S/C17H19NO2S/c1-13(14-7-8-14)18-21(19,20)17-11-9-16(10-12-17)15-5-3-2-4-6-15/h2-6,9-14,18H,7-8H2,1H3/t13-/m1/s1. The zero-order chi connectivity index (χ0) is 14.9. The lowest BCUT2D eigenvalue weighted by molar-refractivity contribution is 0.538. The Labute approximate surface area is 126 Å². The van der Waals surface area contributed by atoms with Gasteiger partial charge in [0.05, 0.1) is 4.90 Å². The van der Waals surface area contributed by atoms with Crippen LogP contribution in [-0.2, 0) is 10.0 Å². The van der Waals surface area contributed by atoms with Crippen molar-refractivity contribution < 1.29 is 8.42 Å². The minimum atomic E-state index is -3.41. The molecule has 1 fully saturated rings. The highest BCUT2D eigenvalue weighted by molar-refractivity contribution is 7.89. The summed E-state index contributed by atoms with van der Waals surface area (Å²) in [5.74, 6) is 0.503. The minimum absolute atomic E-state index is 0.0174. The summed E-state index contributed by atoms with van der Waals surface area (Å²) in [6.45, 7) is 1.94. The maximum absolute atomic E-state index is 12.3. The van der Waals surface area contributed by atoms with E-state index in [4.69, 9.17) is 0 Å². The zero-order valence-corrected chi connectivity index (χ0v) is 12.8. The molecule has 1 N–H and O–H groups in total. The van der Waals surface area contributed by atoms with Crippen molar-refractivity contribution in [2.45, 2.75) is 30.7 Å². The van der Waals surface area contributed by atoms with E-state index < -0.39 is 10.0 Å². The summed E-state index contributed by atoms with van der Waals surface area (Å²) in [5, 5.41) is 0. The molecule has 3 nitrogen and oxygen atoms in total. The van der Waals surface area contributed by atoms with E-state index in [0.717, 1.165) is 24.0 Å². The van der Waals surface area contributed by atoms with E-state index in [-0.39, 0.29) is 6.04 Å². The first-order valence-corrected chi connectivity index (χ1v) is 8.72. The molecule has 1 atom stereocenters. The maximum atomic E-state index is 12.3. The fourth-order valence-electron chi connectivity index (χ4n) is 2.46. The molecular formula is C17H19NO2S. The Morgan fingerprint density at radius 2 is 1.52 bits per heavy atom. The van der Waals surface area contributed by atoms with E-state index in [2.05, 4.69) is 4.72 Å². The van der Waals surface area contributed by atoms with Crippen LogP contribution in [0, 0.1) is 5.92 Å². The maximum Gasteiger partial charge on any atom is 0.240 e. The summed E-state index contributed by atoms with van der Waals surface area (Å²) in [6, 6.07) is 17.0. The van der Waals surface area contributed by atoms with Crippen LogP contribution in [0.2, 0.25) is 0 Å². The molecule has 0 radical (unpaired) electrons. The van der Waals surface area contributed by atoms with Gasteiger partial charge in [-0.1, -0.05) is 42.5 Å². The Morgan fingerprint density at radius 3 is 2.10 bits per heavy atom. The zero-order valence-electron chi connectivity index (χ0n) is 12.0. The molecule has 0 aliphatic heterocycles. The highest BCUT2D eigenvalue weighted by atomic mass is 32.2. The molecule has 1 aliphatic rings. The molecule has 0 amide bonds. The van der Waals surface area contributed by atoms with Crippen molar-refractivity contribution >= 4 is 10.0 Å². The third-order valence-corrected chi connectivity index (χ3v) is 5.52. The van der Waals surface area contributed by atoms with Crippen LogP contribution < -0.4 is 4.72 Å². The van der Waals surface area contributed by atoms with E-state index in [1.54, 1.807) is 12.1 Å². The van der Waals surface area contributed by atoms with Crippen molar-refractivity contribution in [2.75, 3.05) is 0 Å². The molecule has 2 aromatic rings. The number of nitrogens with one attached hydrogen (secondary N) is 1. The lowest BCUT2D eigenvalue weighted by Crippen LogP contribution is -2.33. The van der Waals surface area contributed by atoms with Crippen molar-refractivity contribution in [1.29, 1.82) is 0 Å². The Balaban J connectivity index is 1.80. The van der Waals surface area contributed by atoms with Gasteiger partial charge < -0.3 is 0 Å². The van der Waals surface area contributed by atoms with Crippen molar-refractivity contribution in [3.8, 4) is 11.1 Å². The van der Waals surface area contributed by atoms with Crippen LogP contribution in [0.1, 0.15) is 19.8 Å². The van der Waals surface area contributed by atoms with Crippen LogP contribution in [0.3, 0.4) is 0 Å². The van der Waals surface area contributed by atoms with Gasteiger partial charge in [0.1, 0.15) is 0 Å². The predicted molar refractivity (Wildman–Crippen MR) is 84.4 cm³/mol. The molecule has 0 bridgehead atoms. The summed E-state index contributed by atoms with van der Waals surface area (Å²) in [4.78, 5) is 0.328. The largest absolute Gasteiger partial charge is 0.240 e. The Hall–Kier alpha value is -1.65. The Kier molecular flexibility index (Phi) is 3.83. The fraction of sp³-hybridized carbons (Fsp3) is 0.294. The van der Waals surface area contributed by atoms with Crippen LogP contribution in [-0.4, -0.2) is 14.5 Å². The molecule has 1 aliphatic carbocycles. The average Bonchev–Trinajstić information content (AvgIpc) is 3.33. The van der Waals surface area contributed by atoms with Gasteiger partial charge in [0.2, 0.25) is 10.0 Å². The quantitative estimate of drug-likeness (QED) is 0.919. The Bertz CT molecular complexity index is 704. The van der Waals surface area contributed by atoms with Gasteiger partial charge in [-0.2, -0.15) is 0 Å². The molecule has 0 saturated heterocycles. The van der Waals surface area contributed by atoms with Crippen LogP contribution in [0.4, 0.5) is 0 Å². The Morgan fingerprint density at radius 1 is 0.952 bits per heavy atom. The number of rotatable bonds is 5. The van der Waals surface area contributed by atoms with Crippen molar-refractivity contribution in [1.82, 2.24) is 4.72 Å². The first-order chi connectivity index (χ1) is 10.1. The SMILES string of the molecule is C[C@@H](NS(=O)(=O)c1ccc(-c2ccccc2)cc1)C1CC1. The average molecular weight is 301 g/mol. The van der Waals surface area contributed by atoms with Gasteiger partial charge in [-0.25, -0.2) is 13.1 Å². The van der Waals surface area contributed by atoms with E-state index in [1.165, 1.54) is 0 Å². The lowest BCUT2D eigenvalue weighted by Gasteiger charge is -2.13. The molecular weight excluding hydrogens is 282 g/mol. The van der Waals surface area contributed by atoms with Crippen molar-refractivity contribution in [2.24, 2.45) is 5.92 Å². The third kappa shape index (κ3) is 3.34. The summed E-state index contributed by atoms with van der Waals surface area (Å²) in [7, 11) is -3.41. The molecule has 0 aromatic heterocycles. The van der Waals surface area contributed by atoms with Gasteiger partial charge in [0, 0.05) is 6.04 Å². The number of benzene rings is 2. The van der Waals surface area contributed by atoms with E-state index in [9.17, 15) is 8.42 Å². The molecule has 21 heavy (non-hydrogen) atoms. The van der Waals surface area contributed by atoms with Gasteiger partial charge in [-0.05, 0) is 48.9 Å². The second-order valence-corrected chi connectivity index (χ2v) is 7.35. The number of hydrogen-bond acceptors (Lipinski definition) is 2. The summed E-state index contributed by atoms with van der Waals surface area (Å²) in [5.41, 5.74) is 2.10. The van der Waals surface area contributed by atoms with E-state index >= 15 is 0 Å². The molecule has 0 unspecified atom stereocenters. The van der Waals surface area contributed by atoms with Crippen LogP contribution >= 0.6 is 0 Å². The topological polar surface area (TPSA) is 46.2 Å². The monoisotopic (exact) mass is 301 g/mol. The van der Waals surface area contributed by atoms with Crippen molar-refractivity contribution in [3.05, 3.63) is 54.6 Å². The molecule has 4 heteroatoms. The van der Waals surface area contributed by atoms with Crippen LogP contribution in [0.5, 0.6) is 0 Å². The first kappa shape index (κ1) is 14.3. The van der Waals surface area contributed by atoms with Gasteiger partial charge in [-0.3, -0.25) is 0 Å². The highest BCUT2D eigenvalue weighted by Crippen LogP contribution is 2.33. The number of hydrogen-bond donors (Lipinski definition) is 1. The normalized spacial score (nSPS) is 16.6. The summed E-state index contributed by atoms with van der Waals surface area (Å²) < 4.78 is 27.4. The second-order valence-electron chi connectivity index (χ2n) is 5.64. The smallest absolute Gasteiger partial charge is 0.208 e. The van der Waals surface area contributed by atoms with Crippen LogP contribution in [0.15, 0.2) is 59.5 Å². The molecule has 0 spiro atoms. The highest BCUT2D eigenvalue weighted by Gasteiger charge is 2.31. The van der Waals surface area contributed by atoms with E-state index in [0.29, 0.717) is 10.8 Å². The molecule has 0 heterocycles. The molecule has 1 saturated carbocycles. The first-order valence-electron chi connectivity index (χ1n) is 7.24. The van der Waals surface area contributed by atoms with Gasteiger partial charge in [0.25, 0.3) is 0 Å². The lowest BCUT2D eigenvalue weighted by atomic mass is 10.1. The molecule has 3 rings (SSSR count). The minimum Gasteiger partial charge on any atom is -0.208 e.